The molecule has 0 atom stereocenters. The fourth-order valence-electron chi connectivity index (χ4n) is 9.98. The fraction of sp³-hybridized carbons (Fsp3) is 0.0690. The number of ether oxygens (including phenoxy) is 2. The van der Waals surface area contributed by atoms with Gasteiger partial charge in [-0.1, -0.05) is 183 Å². The second-order valence-corrected chi connectivity index (χ2v) is 28.9. The second kappa shape index (κ2) is 15.6. The van der Waals surface area contributed by atoms with Gasteiger partial charge in [-0.2, -0.15) is 0 Å². The van der Waals surface area contributed by atoms with Gasteiger partial charge < -0.3 is 14.4 Å². The normalized spacial score (nSPS) is 14.5. The van der Waals surface area contributed by atoms with Crippen LogP contribution in [0.4, 0.5) is 17.1 Å². The molecule has 9 aromatic rings. The standard InChI is InChI=1S/C58H45NO2S2Si2/c1-64(2)52-22-9-6-18-48(52)61-57-45(15-12-24-54(57)64)39-28-34-42(35-29-39)59(41-32-26-38(27-33-41)44-14-11-21-51-56(44)60-47-17-5-7-19-49(47)62-51)43-36-30-40(31-37-43)46-16-13-25-55-58(46)63-50-20-8-10-23-53(50)65(55,3)4/h5-37H,1-4H3. The van der Waals surface area contributed by atoms with Gasteiger partial charge in [-0.3, -0.25) is 0 Å². The van der Waals surface area contributed by atoms with E-state index in [9.17, 15) is 0 Å². The van der Waals surface area contributed by atoms with E-state index in [2.05, 4.69) is 219 Å². The number of anilines is 3. The third-order valence-electron chi connectivity index (χ3n) is 13.5. The SMILES string of the molecule is C[Si]1(C)c2ccccc2Oc2c(-c3ccc(N(c4ccc(-c5cccc6c5Oc5ccccc5S6)cc4)c4ccc(-c5cccc6c5Sc5ccccc5[Si]6(C)C)cc4)cc3)cccc21. The van der Waals surface area contributed by atoms with E-state index in [1.165, 1.54) is 41.7 Å². The van der Waals surface area contributed by atoms with Crippen LogP contribution in [0.1, 0.15) is 0 Å². The third kappa shape index (κ3) is 6.71. The van der Waals surface area contributed by atoms with Crippen molar-refractivity contribution >= 4 is 77.5 Å². The Balaban J connectivity index is 0.927. The molecule has 0 unspecified atom stereocenters. The van der Waals surface area contributed by atoms with Crippen LogP contribution in [0.15, 0.2) is 220 Å². The summed E-state index contributed by atoms with van der Waals surface area (Å²) in [6.07, 6.45) is 0. The minimum Gasteiger partial charge on any atom is -0.457 e. The molecule has 0 aromatic heterocycles. The van der Waals surface area contributed by atoms with Crippen LogP contribution >= 0.6 is 23.5 Å². The van der Waals surface area contributed by atoms with Gasteiger partial charge in [-0.15, -0.1) is 0 Å². The average Bonchev–Trinajstić information content (AvgIpc) is 3.34. The summed E-state index contributed by atoms with van der Waals surface area (Å²) in [5.41, 5.74) is 10.2. The number of hydrogen-bond donors (Lipinski definition) is 0. The van der Waals surface area contributed by atoms with E-state index in [1.807, 2.05) is 23.9 Å². The highest BCUT2D eigenvalue weighted by Crippen LogP contribution is 2.51. The molecule has 3 aliphatic rings. The van der Waals surface area contributed by atoms with Gasteiger partial charge in [-0.25, -0.2) is 0 Å². The van der Waals surface area contributed by atoms with Gasteiger partial charge in [0, 0.05) is 38.0 Å². The van der Waals surface area contributed by atoms with Crippen LogP contribution in [-0.4, -0.2) is 16.1 Å². The maximum atomic E-state index is 6.74. The Kier molecular flexibility index (Phi) is 9.61. The largest absolute Gasteiger partial charge is 0.457 e. The molecule has 0 amide bonds. The summed E-state index contributed by atoms with van der Waals surface area (Å²) < 4.78 is 13.3. The van der Waals surface area contributed by atoms with Crippen molar-refractivity contribution in [3.05, 3.63) is 200 Å². The Morgan fingerprint density at radius 2 is 0.785 bits per heavy atom. The molecule has 65 heavy (non-hydrogen) atoms. The third-order valence-corrected chi connectivity index (χ3v) is 23.2. The topological polar surface area (TPSA) is 21.7 Å². The van der Waals surface area contributed by atoms with Gasteiger partial charge in [0.05, 0.1) is 9.79 Å². The number of rotatable bonds is 6. The average molecular weight is 908 g/mol. The van der Waals surface area contributed by atoms with Crippen molar-refractivity contribution in [1.29, 1.82) is 0 Å². The Labute approximate surface area is 391 Å². The van der Waals surface area contributed by atoms with E-state index in [0.29, 0.717) is 0 Å². The van der Waals surface area contributed by atoms with Gasteiger partial charge in [0.15, 0.2) is 0 Å². The quantitative estimate of drug-likeness (QED) is 0.155. The summed E-state index contributed by atoms with van der Waals surface area (Å²) >= 11 is 3.69. The molecule has 0 saturated carbocycles. The van der Waals surface area contributed by atoms with E-state index in [1.54, 1.807) is 11.8 Å². The molecule has 3 nitrogen and oxygen atoms in total. The minimum absolute atomic E-state index is 0.899. The Morgan fingerprint density at radius 3 is 1.45 bits per heavy atom. The van der Waals surface area contributed by atoms with Gasteiger partial charge in [-0.05, 0) is 110 Å². The molecule has 12 rings (SSSR count). The number of nitrogens with zero attached hydrogens (tertiary/aromatic N) is 1. The summed E-state index contributed by atoms with van der Waals surface area (Å²) in [4.78, 5) is 7.42. The van der Waals surface area contributed by atoms with Gasteiger partial charge in [0.2, 0.25) is 0 Å². The molecule has 3 aliphatic heterocycles. The van der Waals surface area contributed by atoms with Gasteiger partial charge in [0.1, 0.15) is 39.1 Å². The summed E-state index contributed by atoms with van der Waals surface area (Å²) in [6, 6.07) is 73.0. The Hall–Kier alpha value is -6.49. The molecule has 0 aliphatic carbocycles. The van der Waals surface area contributed by atoms with Crippen LogP contribution in [-0.2, 0) is 0 Å². The van der Waals surface area contributed by atoms with E-state index < -0.39 is 16.1 Å². The first-order valence-electron chi connectivity index (χ1n) is 22.2. The van der Waals surface area contributed by atoms with Crippen LogP contribution in [0.5, 0.6) is 23.0 Å². The molecule has 7 heteroatoms. The highest BCUT2D eigenvalue weighted by Gasteiger charge is 2.38. The Bertz CT molecular complexity index is 3180. The van der Waals surface area contributed by atoms with Crippen LogP contribution in [0.25, 0.3) is 33.4 Å². The summed E-state index contributed by atoms with van der Waals surface area (Å²) in [5.74, 6) is 3.78. The molecule has 0 saturated heterocycles. The lowest BCUT2D eigenvalue weighted by Crippen LogP contribution is -2.56. The van der Waals surface area contributed by atoms with Gasteiger partial charge in [0.25, 0.3) is 0 Å². The molecular formula is C58H45NO2S2Si2. The molecule has 314 valence electrons. The molecule has 0 spiro atoms. The maximum absolute atomic E-state index is 6.74. The lowest BCUT2D eigenvalue weighted by molar-refractivity contribution is 0.456. The zero-order valence-corrected chi connectivity index (χ0v) is 40.3. The van der Waals surface area contributed by atoms with E-state index in [4.69, 9.17) is 9.47 Å². The van der Waals surface area contributed by atoms with Crippen molar-refractivity contribution < 1.29 is 9.47 Å². The number of para-hydroxylation sites is 4. The molecule has 0 N–H and O–H groups in total. The van der Waals surface area contributed by atoms with Crippen LogP contribution < -0.4 is 35.1 Å². The van der Waals surface area contributed by atoms with E-state index in [0.717, 1.165) is 72.1 Å². The van der Waals surface area contributed by atoms with Crippen LogP contribution in [0.2, 0.25) is 26.2 Å². The van der Waals surface area contributed by atoms with Crippen molar-refractivity contribution in [3.8, 4) is 56.4 Å². The van der Waals surface area contributed by atoms with Crippen molar-refractivity contribution in [2.75, 3.05) is 4.90 Å². The van der Waals surface area contributed by atoms with Crippen molar-refractivity contribution in [2.45, 2.75) is 45.8 Å². The van der Waals surface area contributed by atoms with Gasteiger partial charge >= 0.3 is 0 Å². The zero-order valence-electron chi connectivity index (χ0n) is 36.6. The molecule has 0 fully saturated rings. The first-order chi connectivity index (χ1) is 31.7. The molecule has 9 aromatic carbocycles. The predicted octanol–water partition coefficient (Wildman–Crippen LogP) is 14.6. The minimum atomic E-state index is -1.97. The number of hydrogen-bond acceptors (Lipinski definition) is 5. The van der Waals surface area contributed by atoms with E-state index in [-0.39, 0.29) is 0 Å². The highest BCUT2D eigenvalue weighted by atomic mass is 32.2. The first-order valence-corrected chi connectivity index (χ1v) is 29.9. The highest BCUT2D eigenvalue weighted by molar-refractivity contribution is 8.00. The lowest BCUT2D eigenvalue weighted by Gasteiger charge is -2.34. The number of fused-ring (bicyclic) bond motifs is 6. The summed E-state index contributed by atoms with van der Waals surface area (Å²) in [6.45, 7) is 9.84. The van der Waals surface area contributed by atoms with Crippen molar-refractivity contribution in [2.24, 2.45) is 0 Å². The fourth-order valence-corrected chi connectivity index (χ4v) is 19.4. The van der Waals surface area contributed by atoms with Crippen molar-refractivity contribution in [3.63, 3.8) is 0 Å². The second-order valence-electron chi connectivity index (χ2n) is 18.1. The monoisotopic (exact) mass is 907 g/mol. The van der Waals surface area contributed by atoms with Crippen LogP contribution in [0.3, 0.4) is 0 Å². The molecule has 0 radical (unpaired) electrons. The zero-order chi connectivity index (χ0) is 43.9. The van der Waals surface area contributed by atoms with E-state index >= 15 is 0 Å². The Morgan fingerprint density at radius 1 is 0.338 bits per heavy atom. The summed E-state index contributed by atoms with van der Waals surface area (Å²) in [5, 5.41) is 5.72. The van der Waals surface area contributed by atoms with Crippen LogP contribution in [0, 0.1) is 0 Å². The molecule has 0 bridgehead atoms. The summed E-state index contributed by atoms with van der Waals surface area (Å²) in [7, 11) is -3.84. The maximum Gasteiger partial charge on any atom is 0.149 e. The predicted molar refractivity (Wildman–Crippen MR) is 279 cm³/mol. The van der Waals surface area contributed by atoms with Crippen molar-refractivity contribution in [1.82, 2.24) is 0 Å². The molecular weight excluding hydrogens is 863 g/mol. The first kappa shape index (κ1) is 40.1. The number of benzene rings is 9. The smallest absolute Gasteiger partial charge is 0.149 e. The molecule has 3 heterocycles. The lowest BCUT2D eigenvalue weighted by atomic mass is 10.0.